The lowest BCUT2D eigenvalue weighted by Gasteiger charge is -2.28. The molecule has 3 aliphatic heterocycles. The van der Waals surface area contributed by atoms with Gasteiger partial charge in [-0.15, -0.1) is 0 Å². The molecule has 0 aromatic heterocycles. The summed E-state index contributed by atoms with van der Waals surface area (Å²) in [5, 5.41) is 2.88. The van der Waals surface area contributed by atoms with Gasteiger partial charge < -0.3 is 19.7 Å². The Morgan fingerprint density at radius 2 is 1.84 bits per heavy atom. The number of fused-ring (bicyclic) bond motifs is 1. The van der Waals surface area contributed by atoms with Gasteiger partial charge in [-0.1, -0.05) is 32.8 Å². The number of carbonyl (C=O) groups excluding carboxylic acids is 3. The van der Waals surface area contributed by atoms with E-state index < -0.39 is 11.6 Å². The molecule has 0 aliphatic carbocycles. The summed E-state index contributed by atoms with van der Waals surface area (Å²) in [5.41, 5.74) is 0.111. The van der Waals surface area contributed by atoms with Crippen LogP contribution in [0.15, 0.2) is 18.2 Å². The largest absolute Gasteiger partial charge is 0.486 e. The molecule has 31 heavy (non-hydrogen) atoms. The predicted molar refractivity (Wildman–Crippen MR) is 114 cm³/mol. The monoisotopic (exact) mass is 429 g/mol. The molecule has 1 N–H and O–H groups in total. The minimum Gasteiger partial charge on any atom is -0.486 e. The van der Waals surface area contributed by atoms with E-state index in [0.29, 0.717) is 44.1 Å². The lowest BCUT2D eigenvalue weighted by Crippen LogP contribution is -2.47. The van der Waals surface area contributed by atoms with Gasteiger partial charge in [0.1, 0.15) is 25.3 Å². The van der Waals surface area contributed by atoms with Crippen molar-refractivity contribution in [1.29, 1.82) is 0 Å². The molecule has 4 rings (SSSR count). The first kappa shape index (κ1) is 21.5. The molecule has 4 amide bonds. The molecule has 3 aliphatic rings. The maximum atomic E-state index is 13.2. The summed E-state index contributed by atoms with van der Waals surface area (Å²) >= 11 is 0. The van der Waals surface area contributed by atoms with Crippen LogP contribution >= 0.6 is 0 Å². The number of benzene rings is 1. The lowest BCUT2D eigenvalue weighted by molar-refractivity contribution is -0.139. The van der Waals surface area contributed by atoms with E-state index in [1.54, 1.807) is 4.90 Å². The van der Waals surface area contributed by atoms with Crippen LogP contribution in [-0.2, 0) is 9.59 Å². The number of carbonyl (C=O) groups is 3. The van der Waals surface area contributed by atoms with Crippen LogP contribution in [-0.4, -0.2) is 59.5 Å². The van der Waals surface area contributed by atoms with Crippen LogP contribution in [0.2, 0.25) is 0 Å². The van der Waals surface area contributed by atoms with Crippen LogP contribution in [0.1, 0.15) is 64.0 Å². The Balaban J connectivity index is 1.49. The highest BCUT2D eigenvalue weighted by molar-refractivity contribution is 6.09. The smallest absolute Gasteiger partial charge is 0.325 e. The zero-order chi connectivity index (χ0) is 22.0. The summed E-state index contributed by atoms with van der Waals surface area (Å²) in [6, 6.07) is 5.22. The first-order valence-electron chi connectivity index (χ1n) is 11.3. The van der Waals surface area contributed by atoms with Crippen molar-refractivity contribution in [3.05, 3.63) is 23.8 Å². The van der Waals surface area contributed by atoms with Crippen molar-refractivity contribution in [2.45, 2.75) is 64.0 Å². The third kappa shape index (κ3) is 3.95. The Bertz CT molecular complexity index is 865. The maximum absolute atomic E-state index is 13.2. The number of urea groups is 1. The Morgan fingerprint density at radius 3 is 2.55 bits per heavy atom. The SMILES string of the molecule is CCCC1(CCC)NC(=O)N(CC(=O)N2CCCC2c2ccc3c(c2)OCCO3)C1=O. The molecule has 0 radical (unpaired) electrons. The molecule has 8 nitrogen and oxygen atoms in total. The van der Waals surface area contributed by atoms with Gasteiger partial charge in [0.2, 0.25) is 5.91 Å². The van der Waals surface area contributed by atoms with Gasteiger partial charge in [0.15, 0.2) is 11.5 Å². The zero-order valence-corrected chi connectivity index (χ0v) is 18.3. The van der Waals surface area contributed by atoms with E-state index in [0.717, 1.165) is 36.1 Å². The number of ether oxygens (including phenoxy) is 2. The summed E-state index contributed by atoms with van der Waals surface area (Å²) in [7, 11) is 0. The summed E-state index contributed by atoms with van der Waals surface area (Å²) in [6.45, 7) is 5.41. The Hall–Kier alpha value is -2.77. The molecular formula is C23H31N3O5. The molecular weight excluding hydrogens is 398 g/mol. The van der Waals surface area contributed by atoms with Crippen LogP contribution < -0.4 is 14.8 Å². The molecule has 8 heteroatoms. The predicted octanol–water partition coefficient (Wildman–Crippen LogP) is 3.01. The Labute approximate surface area is 182 Å². The standard InChI is InChI=1S/C23H31N3O5/c1-3-9-23(10-4-2)21(28)26(22(29)24-23)15-20(27)25-11-5-6-17(25)16-7-8-18-19(14-16)31-13-12-30-18/h7-8,14,17H,3-6,9-13,15H2,1-2H3,(H,24,29). The van der Waals surface area contributed by atoms with Gasteiger partial charge in [-0.3, -0.25) is 14.5 Å². The van der Waals surface area contributed by atoms with Crippen LogP contribution in [0, 0.1) is 0 Å². The van der Waals surface area contributed by atoms with Crippen LogP contribution in [0.3, 0.4) is 0 Å². The number of hydrogen-bond donors (Lipinski definition) is 1. The molecule has 168 valence electrons. The summed E-state index contributed by atoms with van der Waals surface area (Å²) in [5.74, 6) is 0.934. The third-order valence-electron chi connectivity index (χ3n) is 6.42. The molecule has 0 bridgehead atoms. The molecule has 0 spiro atoms. The molecule has 3 heterocycles. The molecule has 0 saturated carbocycles. The van der Waals surface area contributed by atoms with Crippen molar-refractivity contribution in [2.75, 3.05) is 26.3 Å². The number of amides is 4. The first-order valence-corrected chi connectivity index (χ1v) is 11.3. The van der Waals surface area contributed by atoms with Crippen LogP contribution in [0.5, 0.6) is 11.5 Å². The van der Waals surface area contributed by atoms with Crippen molar-refractivity contribution in [2.24, 2.45) is 0 Å². The van der Waals surface area contributed by atoms with Gasteiger partial charge in [-0.25, -0.2) is 4.79 Å². The normalized spacial score (nSPS) is 22.1. The number of hydrogen-bond acceptors (Lipinski definition) is 5. The van der Waals surface area contributed by atoms with Gasteiger partial charge in [0.25, 0.3) is 5.91 Å². The quantitative estimate of drug-likeness (QED) is 0.673. The highest BCUT2D eigenvalue weighted by Crippen LogP contribution is 2.38. The van der Waals surface area contributed by atoms with E-state index in [-0.39, 0.29) is 24.4 Å². The van der Waals surface area contributed by atoms with Crippen LogP contribution in [0.25, 0.3) is 0 Å². The second-order valence-electron chi connectivity index (χ2n) is 8.55. The highest BCUT2D eigenvalue weighted by atomic mass is 16.6. The van der Waals surface area contributed by atoms with Gasteiger partial charge in [0.05, 0.1) is 6.04 Å². The van der Waals surface area contributed by atoms with Crippen molar-refractivity contribution in [3.63, 3.8) is 0 Å². The average molecular weight is 430 g/mol. The number of nitrogens with one attached hydrogen (secondary N) is 1. The fourth-order valence-electron chi connectivity index (χ4n) is 5.04. The molecule has 1 unspecified atom stereocenters. The van der Waals surface area contributed by atoms with E-state index in [1.807, 2.05) is 32.0 Å². The fraction of sp³-hybridized carbons (Fsp3) is 0.609. The first-order chi connectivity index (χ1) is 15.0. The van der Waals surface area contributed by atoms with Crippen molar-refractivity contribution < 1.29 is 23.9 Å². The summed E-state index contributed by atoms with van der Waals surface area (Å²) < 4.78 is 11.3. The van der Waals surface area contributed by atoms with Gasteiger partial charge in [0, 0.05) is 6.54 Å². The molecule has 1 aromatic carbocycles. The van der Waals surface area contributed by atoms with Crippen LogP contribution in [0.4, 0.5) is 4.79 Å². The highest BCUT2D eigenvalue weighted by Gasteiger charge is 2.50. The minimum absolute atomic E-state index is 0.0971. The van der Waals surface area contributed by atoms with Crippen molar-refractivity contribution in [3.8, 4) is 11.5 Å². The minimum atomic E-state index is -0.874. The van der Waals surface area contributed by atoms with E-state index in [4.69, 9.17) is 9.47 Å². The molecule has 2 saturated heterocycles. The van der Waals surface area contributed by atoms with E-state index in [1.165, 1.54) is 0 Å². The third-order valence-corrected chi connectivity index (χ3v) is 6.42. The van der Waals surface area contributed by atoms with Crippen molar-refractivity contribution in [1.82, 2.24) is 15.1 Å². The van der Waals surface area contributed by atoms with Crippen molar-refractivity contribution >= 4 is 17.8 Å². The van der Waals surface area contributed by atoms with Gasteiger partial charge in [-0.2, -0.15) is 0 Å². The zero-order valence-electron chi connectivity index (χ0n) is 18.3. The summed E-state index contributed by atoms with van der Waals surface area (Å²) in [4.78, 5) is 41.8. The van der Waals surface area contributed by atoms with E-state index in [9.17, 15) is 14.4 Å². The van der Waals surface area contributed by atoms with E-state index in [2.05, 4.69) is 5.32 Å². The second kappa shape index (κ2) is 8.77. The molecule has 1 aromatic rings. The van der Waals surface area contributed by atoms with Gasteiger partial charge >= 0.3 is 6.03 Å². The van der Waals surface area contributed by atoms with Gasteiger partial charge in [-0.05, 0) is 43.4 Å². The van der Waals surface area contributed by atoms with E-state index >= 15 is 0 Å². The number of likely N-dealkylation sites (tertiary alicyclic amines) is 1. The molecule has 2 fully saturated rings. The Kier molecular flexibility index (Phi) is 6.07. The molecule has 1 atom stereocenters. The fourth-order valence-corrected chi connectivity index (χ4v) is 5.04. The average Bonchev–Trinajstić information content (AvgIpc) is 3.34. The number of nitrogens with zero attached hydrogens (tertiary/aromatic N) is 2. The lowest BCUT2D eigenvalue weighted by atomic mass is 9.88. The summed E-state index contributed by atoms with van der Waals surface area (Å²) in [6.07, 6.45) is 4.44. The topological polar surface area (TPSA) is 88.2 Å². The second-order valence-corrected chi connectivity index (χ2v) is 8.55. The maximum Gasteiger partial charge on any atom is 0.325 e. The number of rotatable bonds is 7. The Morgan fingerprint density at radius 1 is 1.13 bits per heavy atom. The number of imide groups is 1.